The number of aromatic nitrogens is 1. The summed E-state index contributed by atoms with van der Waals surface area (Å²) < 4.78 is 0. The van der Waals surface area contributed by atoms with Crippen molar-refractivity contribution in [1.29, 1.82) is 5.26 Å². The average Bonchev–Trinajstić information content (AvgIpc) is 2.55. The first kappa shape index (κ1) is 13.4. The molecular formula is C17H12ClN3. The molecule has 1 aromatic heterocycles. The van der Waals surface area contributed by atoms with E-state index in [0.29, 0.717) is 17.1 Å². The SMILES string of the molecule is N#Cc1ccc(NCc2ccc(Cl)c3cccnc23)cc1. The lowest BCUT2D eigenvalue weighted by atomic mass is 10.1. The summed E-state index contributed by atoms with van der Waals surface area (Å²) in [5.41, 5.74) is 3.61. The highest BCUT2D eigenvalue weighted by Gasteiger charge is 2.05. The number of hydrogen-bond acceptors (Lipinski definition) is 3. The molecule has 0 radical (unpaired) electrons. The Morgan fingerprint density at radius 2 is 1.90 bits per heavy atom. The van der Waals surface area contributed by atoms with Crippen LogP contribution in [0, 0.1) is 11.3 Å². The van der Waals surface area contributed by atoms with Crippen molar-refractivity contribution in [2.75, 3.05) is 5.32 Å². The fourth-order valence-corrected chi connectivity index (χ4v) is 2.41. The number of nitrogens with zero attached hydrogens (tertiary/aromatic N) is 2. The molecule has 0 atom stereocenters. The first-order valence-corrected chi connectivity index (χ1v) is 6.92. The molecule has 0 bridgehead atoms. The molecule has 0 fully saturated rings. The molecule has 0 aliphatic heterocycles. The Labute approximate surface area is 127 Å². The van der Waals surface area contributed by atoms with Crippen LogP contribution >= 0.6 is 11.6 Å². The molecule has 0 aliphatic carbocycles. The van der Waals surface area contributed by atoms with E-state index in [1.165, 1.54) is 0 Å². The van der Waals surface area contributed by atoms with Gasteiger partial charge in [-0.2, -0.15) is 5.26 Å². The summed E-state index contributed by atoms with van der Waals surface area (Å²) in [5.74, 6) is 0. The molecule has 3 rings (SSSR count). The maximum Gasteiger partial charge on any atom is 0.0991 e. The molecule has 0 saturated carbocycles. The van der Waals surface area contributed by atoms with Gasteiger partial charge in [0.05, 0.1) is 17.1 Å². The van der Waals surface area contributed by atoms with E-state index >= 15 is 0 Å². The Bertz CT molecular complexity index is 820. The minimum absolute atomic E-state index is 0.649. The Morgan fingerprint density at radius 3 is 2.67 bits per heavy atom. The number of hydrogen-bond donors (Lipinski definition) is 1. The molecule has 0 unspecified atom stereocenters. The lowest BCUT2D eigenvalue weighted by Gasteiger charge is -2.09. The van der Waals surface area contributed by atoms with Crippen LogP contribution in [0.4, 0.5) is 5.69 Å². The van der Waals surface area contributed by atoms with Gasteiger partial charge < -0.3 is 5.32 Å². The van der Waals surface area contributed by atoms with Gasteiger partial charge in [0.25, 0.3) is 0 Å². The number of halogens is 1. The van der Waals surface area contributed by atoms with Gasteiger partial charge in [-0.05, 0) is 48.0 Å². The lowest BCUT2D eigenvalue weighted by molar-refractivity contribution is 1.15. The second kappa shape index (κ2) is 5.82. The van der Waals surface area contributed by atoms with Gasteiger partial charge in [0.1, 0.15) is 0 Å². The van der Waals surface area contributed by atoms with Gasteiger partial charge in [0, 0.05) is 28.8 Å². The lowest BCUT2D eigenvalue weighted by Crippen LogP contribution is -2.01. The Balaban J connectivity index is 1.85. The van der Waals surface area contributed by atoms with E-state index < -0.39 is 0 Å². The van der Waals surface area contributed by atoms with Gasteiger partial charge in [-0.3, -0.25) is 4.98 Å². The average molecular weight is 294 g/mol. The van der Waals surface area contributed by atoms with Crippen molar-refractivity contribution >= 4 is 28.2 Å². The monoisotopic (exact) mass is 293 g/mol. The molecule has 21 heavy (non-hydrogen) atoms. The van der Waals surface area contributed by atoms with Gasteiger partial charge in [-0.1, -0.05) is 17.7 Å². The summed E-state index contributed by atoms with van der Waals surface area (Å²) in [5, 5.41) is 13.8. The van der Waals surface area contributed by atoms with Crippen molar-refractivity contribution in [2.45, 2.75) is 6.54 Å². The minimum Gasteiger partial charge on any atom is -0.381 e. The maximum absolute atomic E-state index is 8.79. The zero-order valence-electron chi connectivity index (χ0n) is 11.2. The molecule has 102 valence electrons. The Kier molecular flexibility index (Phi) is 3.72. The zero-order valence-corrected chi connectivity index (χ0v) is 11.9. The summed E-state index contributed by atoms with van der Waals surface area (Å²) in [4.78, 5) is 4.41. The van der Waals surface area contributed by atoms with Crippen molar-refractivity contribution in [3.8, 4) is 6.07 Å². The molecule has 0 spiro atoms. The molecule has 1 heterocycles. The van der Waals surface area contributed by atoms with Crippen molar-refractivity contribution in [2.24, 2.45) is 0 Å². The Morgan fingerprint density at radius 1 is 1.10 bits per heavy atom. The van der Waals surface area contributed by atoms with E-state index in [0.717, 1.165) is 22.2 Å². The van der Waals surface area contributed by atoms with E-state index in [2.05, 4.69) is 16.4 Å². The van der Waals surface area contributed by atoms with Crippen LogP contribution in [0.25, 0.3) is 10.9 Å². The van der Waals surface area contributed by atoms with E-state index in [-0.39, 0.29) is 0 Å². The summed E-state index contributed by atoms with van der Waals surface area (Å²) in [6.07, 6.45) is 1.77. The number of nitrogens with one attached hydrogen (secondary N) is 1. The third-order valence-corrected chi connectivity index (χ3v) is 3.63. The molecule has 0 aliphatic rings. The number of pyridine rings is 1. The first-order chi connectivity index (χ1) is 10.3. The van der Waals surface area contributed by atoms with Gasteiger partial charge in [-0.25, -0.2) is 0 Å². The number of benzene rings is 2. The number of nitriles is 1. The second-order valence-corrected chi connectivity index (χ2v) is 5.06. The van der Waals surface area contributed by atoms with Crippen LogP contribution < -0.4 is 5.32 Å². The predicted octanol–water partition coefficient (Wildman–Crippen LogP) is 4.37. The number of anilines is 1. The van der Waals surface area contributed by atoms with Gasteiger partial charge >= 0.3 is 0 Å². The van der Waals surface area contributed by atoms with Crippen LogP contribution in [0.5, 0.6) is 0 Å². The Hall–Kier alpha value is -2.57. The van der Waals surface area contributed by atoms with E-state index in [9.17, 15) is 0 Å². The third-order valence-electron chi connectivity index (χ3n) is 3.30. The van der Waals surface area contributed by atoms with Crippen LogP contribution in [-0.2, 0) is 6.54 Å². The van der Waals surface area contributed by atoms with Gasteiger partial charge in [0.2, 0.25) is 0 Å². The summed E-state index contributed by atoms with van der Waals surface area (Å²) in [6, 6.07) is 17.2. The largest absolute Gasteiger partial charge is 0.381 e. The second-order valence-electron chi connectivity index (χ2n) is 4.65. The van der Waals surface area contributed by atoms with Crippen molar-refractivity contribution in [3.05, 3.63) is 70.9 Å². The standard InChI is InChI=1S/C17H12ClN3/c18-16-8-5-13(17-15(16)2-1-9-20-17)11-21-14-6-3-12(10-19)4-7-14/h1-9,21H,11H2. The topological polar surface area (TPSA) is 48.7 Å². The fourth-order valence-electron chi connectivity index (χ4n) is 2.20. The van der Waals surface area contributed by atoms with Crippen LogP contribution in [0.1, 0.15) is 11.1 Å². The van der Waals surface area contributed by atoms with Crippen LogP contribution in [0.2, 0.25) is 5.02 Å². The summed E-state index contributed by atoms with van der Waals surface area (Å²) in [7, 11) is 0. The molecule has 1 N–H and O–H groups in total. The normalized spacial score (nSPS) is 10.3. The third kappa shape index (κ3) is 2.81. The predicted molar refractivity (Wildman–Crippen MR) is 85.2 cm³/mol. The van der Waals surface area contributed by atoms with E-state index in [1.54, 1.807) is 18.3 Å². The molecule has 2 aromatic carbocycles. The zero-order chi connectivity index (χ0) is 14.7. The van der Waals surface area contributed by atoms with Crippen LogP contribution in [0.15, 0.2) is 54.7 Å². The molecule has 0 amide bonds. The molecule has 4 heteroatoms. The number of fused-ring (bicyclic) bond motifs is 1. The highest BCUT2D eigenvalue weighted by Crippen LogP contribution is 2.25. The van der Waals surface area contributed by atoms with Crippen molar-refractivity contribution in [3.63, 3.8) is 0 Å². The fraction of sp³-hybridized carbons (Fsp3) is 0.0588. The molecule has 3 nitrogen and oxygen atoms in total. The highest BCUT2D eigenvalue weighted by atomic mass is 35.5. The molecule has 3 aromatic rings. The minimum atomic E-state index is 0.649. The van der Waals surface area contributed by atoms with E-state index in [4.69, 9.17) is 16.9 Å². The van der Waals surface area contributed by atoms with Crippen LogP contribution in [-0.4, -0.2) is 4.98 Å². The molecule has 0 saturated heterocycles. The first-order valence-electron chi connectivity index (χ1n) is 6.54. The van der Waals surface area contributed by atoms with Gasteiger partial charge in [-0.15, -0.1) is 0 Å². The van der Waals surface area contributed by atoms with Gasteiger partial charge in [0.15, 0.2) is 0 Å². The van der Waals surface area contributed by atoms with Crippen molar-refractivity contribution < 1.29 is 0 Å². The van der Waals surface area contributed by atoms with Crippen molar-refractivity contribution in [1.82, 2.24) is 4.98 Å². The maximum atomic E-state index is 8.79. The van der Waals surface area contributed by atoms with E-state index in [1.807, 2.05) is 36.4 Å². The molecular weight excluding hydrogens is 282 g/mol. The smallest absolute Gasteiger partial charge is 0.0991 e. The number of rotatable bonds is 3. The highest BCUT2D eigenvalue weighted by molar-refractivity contribution is 6.35. The van der Waals surface area contributed by atoms with Crippen LogP contribution in [0.3, 0.4) is 0 Å². The quantitative estimate of drug-likeness (QED) is 0.780. The summed E-state index contributed by atoms with van der Waals surface area (Å²) in [6.45, 7) is 0.649. The summed E-state index contributed by atoms with van der Waals surface area (Å²) >= 11 is 6.19.